The molecule has 3 aromatic heterocycles. The number of aromatic amines is 1. The number of piperazine rings is 2. The molecule has 7 rings (SSSR count). The molecule has 2 amide bonds. The number of tetrazole rings is 1. The second kappa shape index (κ2) is 18.3. The first kappa shape index (κ1) is 41.4. The van der Waals surface area contributed by atoms with Gasteiger partial charge in [0.2, 0.25) is 17.6 Å². The fraction of sp³-hybridized carbons (Fsp3) is 0.389. The summed E-state index contributed by atoms with van der Waals surface area (Å²) in [5, 5.41) is 33.0. The monoisotopic (exact) mass is 857 g/mol. The van der Waals surface area contributed by atoms with Gasteiger partial charge in [-0.15, -0.1) is 10.2 Å². The van der Waals surface area contributed by atoms with E-state index >= 15 is 0 Å². The molecule has 57 heavy (non-hydrogen) atoms. The summed E-state index contributed by atoms with van der Waals surface area (Å²) in [6.45, 7) is 8.97. The van der Waals surface area contributed by atoms with E-state index in [4.69, 9.17) is 61.1 Å². The van der Waals surface area contributed by atoms with E-state index in [2.05, 4.69) is 40.6 Å². The Morgan fingerprint density at radius 2 is 1.21 bits per heavy atom. The molecule has 21 heteroatoms. The molecule has 1 N–H and O–H groups in total. The molecular weight excluding hydrogens is 820 g/mol. The molecule has 2 saturated heterocycles. The Bertz CT molecular complexity index is 2260. The quantitative estimate of drug-likeness (QED) is 0.215. The summed E-state index contributed by atoms with van der Waals surface area (Å²) < 4.78 is 13.6. The summed E-state index contributed by atoms with van der Waals surface area (Å²) in [4.78, 5) is 33.4. The SMILES string of the molecule is COc1cc(N2CCN(C(=O)Cn3nc(-c4nn[nH]n4)c(Cl)c3C)CC2)ccc1Cl.COc1cc(N2CCN(C(=O)Cn3nc(C#N)c(Cl)c3C)CC2)ccc1Cl. The second-order valence-electron chi connectivity index (χ2n) is 13.0. The highest BCUT2D eigenvalue weighted by atomic mass is 35.5. The van der Waals surface area contributed by atoms with Crippen molar-refractivity contribution < 1.29 is 19.1 Å². The number of nitrogens with one attached hydrogen (secondary N) is 1. The van der Waals surface area contributed by atoms with Crippen LogP contribution in [-0.2, 0) is 22.7 Å². The highest BCUT2D eigenvalue weighted by Gasteiger charge is 2.26. The Hall–Kier alpha value is -5.28. The molecule has 0 spiro atoms. The number of nitriles is 1. The van der Waals surface area contributed by atoms with Crippen LogP contribution in [0.25, 0.3) is 11.5 Å². The van der Waals surface area contributed by atoms with Gasteiger partial charge < -0.3 is 29.1 Å². The van der Waals surface area contributed by atoms with Gasteiger partial charge in [-0.3, -0.25) is 19.0 Å². The van der Waals surface area contributed by atoms with E-state index in [1.807, 2.05) is 47.4 Å². The van der Waals surface area contributed by atoms with Crippen molar-refractivity contribution in [2.45, 2.75) is 26.9 Å². The van der Waals surface area contributed by atoms with Crippen LogP contribution in [0.2, 0.25) is 20.1 Å². The highest BCUT2D eigenvalue weighted by Crippen LogP contribution is 2.32. The maximum absolute atomic E-state index is 12.8. The predicted molar refractivity (Wildman–Crippen MR) is 215 cm³/mol. The zero-order valence-corrected chi connectivity index (χ0v) is 34.6. The molecule has 0 saturated carbocycles. The van der Waals surface area contributed by atoms with Gasteiger partial charge in [0.25, 0.3) is 0 Å². The first-order valence-electron chi connectivity index (χ1n) is 17.7. The lowest BCUT2D eigenvalue weighted by Crippen LogP contribution is -2.49. The molecule has 2 aliphatic rings. The van der Waals surface area contributed by atoms with Gasteiger partial charge in [0.15, 0.2) is 11.4 Å². The van der Waals surface area contributed by atoms with Crippen LogP contribution in [0.5, 0.6) is 11.5 Å². The smallest absolute Gasteiger partial charge is 0.244 e. The molecule has 5 heterocycles. The van der Waals surface area contributed by atoms with Gasteiger partial charge >= 0.3 is 0 Å². The van der Waals surface area contributed by atoms with Crippen molar-refractivity contribution >= 4 is 69.6 Å². The summed E-state index contributed by atoms with van der Waals surface area (Å²) in [5.74, 6) is 1.49. The van der Waals surface area contributed by atoms with Gasteiger partial charge in [-0.05, 0) is 43.3 Å². The first-order chi connectivity index (χ1) is 27.4. The van der Waals surface area contributed by atoms with Crippen LogP contribution < -0.4 is 19.3 Å². The molecule has 5 aromatic rings. The van der Waals surface area contributed by atoms with Crippen molar-refractivity contribution in [1.29, 1.82) is 5.26 Å². The Balaban J connectivity index is 0.000000194. The number of carbonyl (C=O) groups excluding carboxylic acids is 2. The average molecular weight is 860 g/mol. The number of nitrogens with zero attached hydrogens (tertiary/aromatic N) is 12. The normalized spacial score (nSPS) is 14.2. The molecule has 17 nitrogen and oxygen atoms in total. The molecule has 300 valence electrons. The minimum Gasteiger partial charge on any atom is -0.495 e. The number of amides is 2. The summed E-state index contributed by atoms with van der Waals surface area (Å²) in [6.07, 6.45) is 0. The predicted octanol–water partition coefficient (Wildman–Crippen LogP) is 4.76. The largest absolute Gasteiger partial charge is 0.495 e. The van der Waals surface area contributed by atoms with Crippen LogP contribution in [-0.4, -0.2) is 128 Å². The number of hydrogen-bond donors (Lipinski definition) is 1. The second-order valence-corrected chi connectivity index (χ2v) is 14.6. The molecule has 0 aliphatic carbocycles. The number of carbonyl (C=O) groups is 2. The number of aromatic nitrogens is 8. The summed E-state index contributed by atoms with van der Waals surface area (Å²) >= 11 is 24.6. The maximum Gasteiger partial charge on any atom is 0.244 e. The molecule has 0 radical (unpaired) electrons. The molecule has 0 bridgehead atoms. The minimum absolute atomic E-state index is 0.0229. The third-order valence-corrected chi connectivity index (χ3v) is 11.3. The van der Waals surface area contributed by atoms with Crippen LogP contribution in [0.4, 0.5) is 11.4 Å². The Kier molecular flexibility index (Phi) is 13.3. The van der Waals surface area contributed by atoms with Gasteiger partial charge in [0.1, 0.15) is 30.7 Å². The standard InChI is InChI=1S/C18H20Cl2N8O2.C18H19Cl2N5O2/c1-11-16(20)17(18-21-24-25-22-18)23-28(11)10-15(29)27-7-5-26(6-8-27)12-3-4-13(19)14(9-12)30-2;1-12-18(20)15(10-21)22-25(12)11-17(26)24-7-5-23(6-8-24)13-3-4-14(19)16(9-13)27-2/h3-4,9H,5-8,10H2,1-2H3,(H,21,22,24,25);3-4,9H,5-8,11H2,1-2H3. The maximum atomic E-state index is 12.8. The zero-order valence-electron chi connectivity index (χ0n) is 31.5. The number of anilines is 2. The number of H-pyrrole nitrogens is 1. The van der Waals surface area contributed by atoms with Crippen molar-refractivity contribution in [3.05, 3.63) is 73.6 Å². The highest BCUT2D eigenvalue weighted by molar-refractivity contribution is 6.33. The lowest BCUT2D eigenvalue weighted by Gasteiger charge is -2.36. The van der Waals surface area contributed by atoms with Gasteiger partial charge in [-0.25, -0.2) is 0 Å². The van der Waals surface area contributed by atoms with Crippen LogP contribution in [0.3, 0.4) is 0 Å². The third-order valence-electron chi connectivity index (χ3n) is 9.76. The third kappa shape index (κ3) is 9.31. The van der Waals surface area contributed by atoms with Crippen LogP contribution in [0, 0.1) is 25.2 Å². The van der Waals surface area contributed by atoms with Crippen LogP contribution in [0.1, 0.15) is 17.1 Å². The van der Waals surface area contributed by atoms with Crippen molar-refractivity contribution in [1.82, 2.24) is 50.0 Å². The van der Waals surface area contributed by atoms with E-state index in [-0.39, 0.29) is 30.6 Å². The molecule has 0 atom stereocenters. The fourth-order valence-electron chi connectivity index (χ4n) is 6.41. The molecule has 2 aliphatic heterocycles. The van der Waals surface area contributed by atoms with E-state index in [1.165, 1.54) is 4.68 Å². The molecule has 0 unspecified atom stereocenters. The van der Waals surface area contributed by atoms with Crippen molar-refractivity contribution in [2.24, 2.45) is 0 Å². The van der Waals surface area contributed by atoms with Crippen LogP contribution in [0.15, 0.2) is 36.4 Å². The Labute approximate surface area is 348 Å². The zero-order chi connectivity index (χ0) is 40.8. The summed E-state index contributed by atoms with van der Waals surface area (Å²) in [7, 11) is 3.18. The van der Waals surface area contributed by atoms with E-state index in [1.54, 1.807) is 37.6 Å². The molecule has 2 fully saturated rings. The van der Waals surface area contributed by atoms with Gasteiger partial charge in [-0.2, -0.15) is 20.7 Å². The number of ether oxygens (including phenoxy) is 2. The van der Waals surface area contributed by atoms with Gasteiger partial charge in [0.05, 0.1) is 45.7 Å². The molecular formula is C36H39Cl4N13O4. The molecule has 2 aromatic carbocycles. The van der Waals surface area contributed by atoms with Crippen molar-refractivity contribution in [3.8, 4) is 29.1 Å². The van der Waals surface area contributed by atoms with Crippen LogP contribution >= 0.6 is 46.4 Å². The Morgan fingerprint density at radius 3 is 1.63 bits per heavy atom. The minimum atomic E-state index is -0.0462. The first-order valence-corrected chi connectivity index (χ1v) is 19.3. The average Bonchev–Trinajstić information content (AvgIpc) is 3.94. The number of rotatable bonds is 9. The number of methoxy groups -OCH3 is 2. The lowest BCUT2D eigenvalue weighted by atomic mass is 10.2. The van der Waals surface area contributed by atoms with E-state index < -0.39 is 0 Å². The fourth-order valence-corrected chi connectivity index (χ4v) is 7.19. The van der Waals surface area contributed by atoms with E-state index in [0.29, 0.717) is 107 Å². The van der Waals surface area contributed by atoms with Crippen molar-refractivity contribution in [2.75, 3.05) is 76.4 Å². The van der Waals surface area contributed by atoms with E-state index in [0.717, 1.165) is 11.4 Å². The topological polar surface area (TPSA) is 179 Å². The van der Waals surface area contributed by atoms with Gasteiger partial charge in [-0.1, -0.05) is 46.4 Å². The summed E-state index contributed by atoms with van der Waals surface area (Å²) in [5.41, 5.74) is 3.87. The summed E-state index contributed by atoms with van der Waals surface area (Å²) in [6, 6.07) is 13.3. The Morgan fingerprint density at radius 1 is 0.737 bits per heavy atom. The lowest BCUT2D eigenvalue weighted by molar-refractivity contribution is -0.133. The van der Waals surface area contributed by atoms with E-state index in [9.17, 15) is 9.59 Å². The number of hydrogen-bond acceptors (Lipinski definition) is 12. The number of benzene rings is 2. The van der Waals surface area contributed by atoms with Crippen molar-refractivity contribution in [3.63, 3.8) is 0 Å². The number of halogens is 4. The van der Waals surface area contributed by atoms with Gasteiger partial charge in [0, 0.05) is 75.9 Å².